The second-order valence-corrected chi connectivity index (χ2v) is 8.00. The van der Waals surface area contributed by atoms with Crippen molar-refractivity contribution in [2.45, 2.75) is 38.1 Å². The Morgan fingerprint density at radius 2 is 1.69 bits per heavy atom. The van der Waals surface area contributed by atoms with Gasteiger partial charge in [-0.3, -0.25) is 4.79 Å². The van der Waals surface area contributed by atoms with E-state index < -0.39 is 32.7 Å². The van der Waals surface area contributed by atoms with Crippen molar-refractivity contribution < 1.29 is 17.6 Å². The lowest BCUT2D eigenvalue weighted by atomic mass is 10.0. The highest BCUT2D eigenvalue weighted by Crippen LogP contribution is 2.17. The molecule has 2 aromatic rings. The molecule has 0 spiro atoms. The van der Waals surface area contributed by atoms with Crippen LogP contribution in [0.15, 0.2) is 53.4 Å². The quantitative estimate of drug-likeness (QED) is 0.776. The Kier molecular flexibility index (Phi) is 6.50. The summed E-state index contributed by atoms with van der Waals surface area (Å²) in [5.41, 5.74) is 1.70. The molecule has 0 bridgehead atoms. The van der Waals surface area contributed by atoms with Crippen LogP contribution >= 0.6 is 0 Å². The van der Waals surface area contributed by atoms with Gasteiger partial charge in [-0.2, -0.15) is 4.72 Å². The summed E-state index contributed by atoms with van der Waals surface area (Å²) in [6, 6.07) is 11.3. The monoisotopic (exact) mass is 378 g/mol. The van der Waals surface area contributed by atoms with Crippen LogP contribution in [0.4, 0.5) is 10.1 Å². The van der Waals surface area contributed by atoms with E-state index in [4.69, 9.17) is 0 Å². The summed E-state index contributed by atoms with van der Waals surface area (Å²) >= 11 is 0. The zero-order valence-electron chi connectivity index (χ0n) is 15.0. The normalized spacial score (nSPS) is 12.8. The lowest BCUT2D eigenvalue weighted by molar-refractivity contribution is -0.118. The predicted molar refractivity (Wildman–Crippen MR) is 99.8 cm³/mol. The first-order valence-corrected chi connectivity index (χ1v) is 9.89. The van der Waals surface area contributed by atoms with Crippen LogP contribution in [0, 0.1) is 11.7 Å². The van der Waals surface area contributed by atoms with E-state index >= 15 is 0 Å². The van der Waals surface area contributed by atoms with Crippen LogP contribution in [0.3, 0.4) is 0 Å². The molecule has 0 radical (unpaired) electrons. The number of aryl methyl sites for hydroxylation is 1. The molecule has 0 fully saturated rings. The fraction of sp³-hybridized carbons (Fsp3) is 0.316. The fourth-order valence-corrected chi connectivity index (χ4v) is 3.85. The van der Waals surface area contributed by atoms with Crippen molar-refractivity contribution in [2.75, 3.05) is 5.32 Å². The molecule has 140 valence electrons. The number of halogens is 1. The van der Waals surface area contributed by atoms with Gasteiger partial charge in [0.05, 0.1) is 0 Å². The molecule has 0 aliphatic rings. The minimum Gasteiger partial charge on any atom is -0.325 e. The molecule has 0 saturated carbocycles. The minimum atomic E-state index is -4.17. The van der Waals surface area contributed by atoms with Gasteiger partial charge in [0.2, 0.25) is 15.9 Å². The lowest BCUT2D eigenvalue weighted by Gasteiger charge is -2.22. The van der Waals surface area contributed by atoms with Gasteiger partial charge < -0.3 is 5.32 Å². The topological polar surface area (TPSA) is 75.3 Å². The summed E-state index contributed by atoms with van der Waals surface area (Å²) in [5, 5.41) is 2.70. The maximum Gasteiger partial charge on any atom is 0.244 e. The van der Waals surface area contributed by atoms with Crippen molar-refractivity contribution in [1.29, 1.82) is 0 Å². The van der Waals surface area contributed by atoms with E-state index in [-0.39, 0.29) is 5.92 Å². The molecule has 0 saturated heterocycles. The van der Waals surface area contributed by atoms with Crippen LogP contribution in [0.25, 0.3) is 0 Å². The molecule has 0 heterocycles. The van der Waals surface area contributed by atoms with Crippen LogP contribution in [0.5, 0.6) is 0 Å². The van der Waals surface area contributed by atoms with Gasteiger partial charge in [0.15, 0.2) is 0 Å². The number of benzene rings is 2. The van der Waals surface area contributed by atoms with Crippen molar-refractivity contribution in [3.63, 3.8) is 0 Å². The Balaban J connectivity index is 2.19. The molecular weight excluding hydrogens is 355 g/mol. The largest absolute Gasteiger partial charge is 0.325 e. The van der Waals surface area contributed by atoms with E-state index in [1.54, 1.807) is 26.0 Å². The van der Waals surface area contributed by atoms with Gasteiger partial charge in [-0.15, -0.1) is 0 Å². The molecule has 0 aliphatic heterocycles. The Morgan fingerprint density at radius 3 is 2.23 bits per heavy atom. The van der Waals surface area contributed by atoms with E-state index in [2.05, 4.69) is 10.0 Å². The average molecular weight is 378 g/mol. The molecule has 5 nitrogen and oxygen atoms in total. The zero-order chi connectivity index (χ0) is 19.3. The molecule has 1 amide bonds. The van der Waals surface area contributed by atoms with Gasteiger partial charge in [0.1, 0.15) is 16.8 Å². The Bertz CT molecular complexity index is 865. The Labute approximate surface area is 153 Å². The molecule has 0 aliphatic carbocycles. The average Bonchev–Trinajstić information content (AvgIpc) is 2.60. The third kappa shape index (κ3) is 4.89. The number of sulfonamides is 1. The molecule has 2 N–H and O–H groups in total. The van der Waals surface area contributed by atoms with Crippen molar-refractivity contribution in [1.82, 2.24) is 4.72 Å². The maximum atomic E-state index is 13.8. The van der Waals surface area contributed by atoms with E-state index in [9.17, 15) is 17.6 Å². The van der Waals surface area contributed by atoms with Crippen LogP contribution in [0.2, 0.25) is 0 Å². The van der Waals surface area contributed by atoms with E-state index in [1.165, 1.54) is 12.1 Å². The highest BCUT2D eigenvalue weighted by Gasteiger charge is 2.29. The smallest absolute Gasteiger partial charge is 0.244 e. The number of hydrogen-bond acceptors (Lipinski definition) is 3. The molecule has 7 heteroatoms. The van der Waals surface area contributed by atoms with Crippen molar-refractivity contribution in [3.05, 3.63) is 59.9 Å². The van der Waals surface area contributed by atoms with Crippen molar-refractivity contribution >= 4 is 21.6 Å². The van der Waals surface area contributed by atoms with Gasteiger partial charge in [-0.1, -0.05) is 45.0 Å². The van der Waals surface area contributed by atoms with Crippen LogP contribution < -0.4 is 10.0 Å². The number of rotatable bonds is 7. The van der Waals surface area contributed by atoms with Crippen LogP contribution in [-0.4, -0.2) is 20.4 Å². The number of anilines is 1. The van der Waals surface area contributed by atoms with Gasteiger partial charge >= 0.3 is 0 Å². The summed E-state index contributed by atoms with van der Waals surface area (Å²) in [4.78, 5) is 12.1. The van der Waals surface area contributed by atoms with E-state index in [0.29, 0.717) is 5.69 Å². The first-order valence-electron chi connectivity index (χ1n) is 8.41. The molecule has 0 aromatic heterocycles. The molecule has 2 rings (SSSR count). The first-order chi connectivity index (χ1) is 12.2. The van der Waals surface area contributed by atoms with Gasteiger partial charge in [-0.05, 0) is 42.2 Å². The predicted octanol–water partition coefficient (Wildman–Crippen LogP) is 3.33. The highest BCUT2D eigenvalue weighted by atomic mass is 32.2. The third-order valence-electron chi connectivity index (χ3n) is 3.99. The van der Waals surface area contributed by atoms with E-state index in [1.807, 2.05) is 19.1 Å². The van der Waals surface area contributed by atoms with Crippen molar-refractivity contribution in [2.24, 2.45) is 5.92 Å². The van der Waals surface area contributed by atoms with Crippen LogP contribution in [-0.2, 0) is 21.2 Å². The molecule has 2 aromatic carbocycles. The second-order valence-electron chi connectivity index (χ2n) is 6.31. The number of nitrogens with one attached hydrogen (secondary N) is 2. The standard InChI is InChI=1S/C19H23FN2O3S/c1-4-14-9-11-15(12-10-14)21-19(23)18(13(2)3)22-26(24,25)17-8-6-5-7-16(17)20/h5-13,18,22H,4H2,1-3H3,(H,21,23). The first kappa shape index (κ1) is 20.1. The highest BCUT2D eigenvalue weighted by molar-refractivity contribution is 7.89. The number of amides is 1. The fourth-order valence-electron chi connectivity index (χ4n) is 2.43. The molecular formula is C19H23FN2O3S. The van der Waals surface area contributed by atoms with Gasteiger partial charge in [-0.25, -0.2) is 12.8 Å². The van der Waals surface area contributed by atoms with Crippen molar-refractivity contribution in [3.8, 4) is 0 Å². The number of carbonyl (C=O) groups excluding carboxylic acids is 1. The lowest BCUT2D eigenvalue weighted by Crippen LogP contribution is -2.47. The van der Waals surface area contributed by atoms with Gasteiger partial charge in [0.25, 0.3) is 0 Å². The maximum absolute atomic E-state index is 13.8. The number of carbonyl (C=O) groups is 1. The Hall–Kier alpha value is -2.25. The molecule has 26 heavy (non-hydrogen) atoms. The SMILES string of the molecule is CCc1ccc(NC(=O)C(NS(=O)(=O)c2ccccc2F)C(C)C)cc1. The Morgan fingerprint density at radius 1 is 1.08 bits per heavy atom. The summed E-state index contributed by atoms with van der Waals surface area (Å²) < 4.78 is 41.1. The second kappa shape index (κ2) is 8.42. The molecule has 1 atom stereocenters. The minimum absolute atomic E-state index is 0.327. The van der Waals surface area contributed by atoms with Gasteiger partial charge in [0, 0.05) is 5.69 Å². The number of hydrogen-bond donors (Lipinski definition) is 2. The summed E-state index contributed by atoms with van der Waals surface area (Å²) in [5.74, 6) is -1.69. The van der Waals surface area contributed by atoms with Crippen LogP contribution in [0.1, 0.15) is 26.3 Å². The summed E-state index contributed by atoms with van der Waals surface area (Å²) in [6.07, 6.45) is 0.880. The zero-order valence-corrected chi connectivity index (χ0v) is 15.8. The molecule has 1 unspecified atom stereocenters. The summed E-state index contributed by atoms with van der Waals surface area (Å²) in [7, 11) is -4.17. The van der Waals surface area contributed by atoms with E-state index in [0.717, 1.165) is 24.1 Å². The summed E-state index contributed by atoms with van der Waals surface area (Å²) in [6.45, 7) is 5.46. The third-order valence-corrected chi connectivity index (χ3v) is 5.46.